The first-order valence-corrected chi connectivity index (χ1v) is 5.75. The van der Waals surface area contributed by atoms with Crippen molar-refractivity contribution in [1.29, 1.82) is 0 Å². The molecule has 98 valence electrons. The molecule has 3 N–H and O–H groups in total. The zero-order chi connectivity index (χ0) is 12.9. The first-order valence-electron chi connectivity index (χ1n) is 5.75. The van der Waals surface area contributed by atoms with Crippen molar-refractivity contribution in [2.45, 2.75) is 31.3 Å². The van der Waals surface area contributed by atoms with Gasteiger partial charge in [0.2, 0.25) is 0 Å². The minimum atomic E-state index is -2.41. The van der Waals surface area contributed by atoms with Crippen LogP contribution in [0, 0.1) is 5.92 Å². The highest BCUT2D eigenvalue weighted by atomic mass is 16.5. The molecule has 2 atom stereocenters. The van der Waals surface area contributed by atoms with E-state index in [0.29, 0.717) is 12.3 Å². The van der Waals surface area contributed by atoms with Gasteiger partial charge in [-0.25, -0.2) is 9.59 Å². The lowest BCUT2D eigenvalue weighted by molar-refractivity contribution is -0.179. The molecular formula is C11H19NO5. The molecule has 1 fully saturated rings. The van der Waals surface area contributed by atoms with E-state index in [9.17, 15) is 14.7 Å². The fourth-order valence-electron chi connectivity index (χ4n) is 2.05. The van der Waals surface area contributed by atoms with Crippen molar-refractivity contribution >= 4 is 11.9 Å². The summed E-state index contributed by atoms with van der Waals surface area (Å²) < 4.78 is 4.33. The van der Waals surface area contributed by atoms with E-state index in [1.165, 1.54) is 0 Å². The minimum Gasteiger partial charge on any atom is -0.479 e. The summed E-state index contributed by atoms with van der Waals surface area (Å²) in [4.78, 5) is 22.2. The van der Waals surface area contributed by atoms with E-state index in [2.05, 4.69) is 10.1 Å². The van der Waals surface area contributed by atoms with Gasteiger partial charge in [0.05, 0.1) is 7.11 Å². The van der Waals surface area contributed by atoms with Crippen LogP contribution in [0.25, 0.3) is 0 Å². The van der Waals surface area contributed by atoms with Crippen molar-refractivity contribution in [2.24, 2.45) is 5.92 Å². The van der Waals surface area contributed by atoms with Crippen LogP contribution in [0.3, 0.4) is 0 Å². The molecule has 0 spiro atoms. The molecule has 1 saturated heterocycles. The smallest absolute Gasteiger partial charge is 0.349 e. The number of piperidine rings is 1. The largest absolute Gasteiger partial charge is 0.479 e. The molecule has 6 heteroatoms. The Morgan fingerprint density at radius 2 is 2.24 bits per heavy atom. The second-order valence-corrected chi connectivity index (χ2v) is 4.41. The molecule has 1 rings (SSSR count). The minimum absolute atomic E-state index is 0.110. The van der Waals surface area contributed by atoms with Crippen LogP contribution in [-0.4, -0.2) is 48.0 Å². The molecule has 6 nitrogen and oxygen atoms in total. The third-order valence-corrected chi connectivity index (χ3v) is 3.19. The van der Waals surface area contributed by atoms with Crippen molar-refractivity contribution < 1.29 is 24.5 Å². The molecule has 0 bridgehead atoms. The quantitative estimate of drug-likeness (QED) is 0.457. The monoisotopic (exact) mass is 245 g/mol. The van der Waals surface area contributed by atoms with Gasteiger partial charge < -0.3 is 20.3 Å². The Labute approximate surface area is 100.0 Å². The molecule has 17 heavy (non-hydrogen) atoms. The summed E-state index contributed by atoms with van der Waals surface area (Å²) in [5, 5.41) is 21.9. The van der Waals surface area contributed by atoms with Crippen LogP contribution in [0.4, 0.5) is 0 Å². The number of carboxylic acids is 1. The maximum atomic E-state index is 11.3. The second-order valence-electron chi connectivity index (χ2n) is 4.41. The van der Waals surface area contributed by atoms with Crippen LogP contribution in [0.1, 0.15) is 25.7 Å². The van der Waals surface area contributed by atoms with Gasteiger partial charge in [0, 0.05) is 0 Å². The van der Waals surface area contributed by atoms with E-state index in [-0.39, 0.29) is 6.42 Å². The summed E-state index contributed by atoms with van der Waals surface area (Å²) in [5.41, 5.74) is -2.41. The van der Waals surface area contributed by atoms with Gasteiger partial charge in [-0.2, -0.15) is 0 Å². The maximum absolute atomic E-state index is 11.3. The number of aliphatic hydroxyl groups is 1. The lowest BCUT2D eigenvalue weighted by Crippen LogP contribution is -2.48. The Hall–Kier alpha value is -1.14. The molecule has 0 aliphatic carbocycles. The predicted octanol–water partition coefficient (Wildman–Crippen LogP) is -0.245. The number of nitrogens with one attached hydrogen (secondary N) is 1. The fraction of sp³-hybridized carbons (Fsp3) is 0.818. The lowest BCUT2D eigenvalue weighted by Gasteiger charge is -2.26. The van der Waals surface area contributed by atoms with Crippen molar-refractivity contribution in [1.82, 2.24) is 5.32 Å². The number of ether oxygens (including phenoxy) is 1. The zero-order valence-corrected chi connectivity index (χ0v) is 9.94. The third kappa shape index (κ3) is 3.41. The van der Waals surface area contributed by atoms with Gasteiger partial charge >= 0.3 is 11.9 Å². The van der Waals surface area contributed by atoms with Gasteiger partial charge in [0.15, 0.2) is 0 Å². The Morgan fingerprint density at radius 1 is 1.53 bits per heavy atom. The first-order chi connectivity index (χ1) is 8.00. The Kier molecular flexibility index (Phi) is 4.89. The number of methoxy groups -OCH3 is 1. The van der Waals surface area contributed by atoms with Crippen LogP contribution in [0.5, 0.6) is 0 Å². The van der Waals surface area contributed by atoms with Crippen molar-refractivity contribution in [3.8, 4) is 0 Å². The highest BCUT2D eigenvalue weighted by Gasteiger charge is 2.45. The Bertz CT molecular complexity index is 288. The summed E-state index contributed by atoms with van der Waals surface area (Å²) >= 11 is 0. The number of hydrogen-bond acceptors (Lipinski definition) is 5. The van der Waals surface area contributed by atoms with E-state index in [1.807, 2.05) is 0 Å². The van der Waals surface area contributed by atoms with Crippen LogP contribution in [0.15, 0.2) is 0 Å². The molecule has 0 aromatic rings. The van der Waals surface area contributed by atoms with Crippen molar-refractivity contribution in [2.75, 3.05) is 20.2 Å². The Morgan fingerprint density at radius 3 is 2.71 bits per heavy atom. The van der Waals surface area contributed by atoms with Gasteiger partial charge in [-0.15, -0.1) is 0 Å². The molecule has 1 heterocycles. The Balaban J connectivity index is 2.54. The fourth-order valence-corrected chi connectivity index (χ4v) is 2.05. The number of carboxylic acid groups (broad SMARTS) is 1. The molecule has 1 aliphatic heterocycles. The van der Waals surface area contributed by atoms with Gasteiger partial charge in [-0.3, -0.25) is 0 Å². The summed E-state index contributed by atoms with van der Waals surface area (Å²) in [6.45, 7) is 1.77. The first kappa shape index (κ1) is 13.9. The maximum Gasteiger partial charge on any atom is 0.349 e. The van der Waals surface area contributed by atoms with E-state index >= 15 is 0 Å². The van der Waals surface area contributed by atoms with Crippen LogP contribution >= 0.6 is 0 Å². The lowest BCUT2D eigenvalue weighted by atomic mass is 9.88. The molecule has 0 radical (unpaired) electrons. The highest BCUT2D eigenvalue weighted by molar-refractivity contribution is 6.02. The summed E-state index contributed by atoms with van der Waals surface area (Å²) in [5.74, 6) is -2.35. The number of rotatable bonds is 5. The molecule has 0 amide bonds. The molecule has 2 unspecified atom stereocenters. The molecule has 0 aromatic heterocycles. The van der Waals surface area contributed by atoms with Crippen LogP contribution < -0.4 is 5.32 Å². The van der Waals surface area contributed by atoms with Gasteiger partial charge in [0.1, 0.15) is 0 Å². The van der Waals surface area contributed by atoms with Crippen LogP contribution in [0.2, 0.25) is 0 Å². The van der Waals surface area contributed by atoms with E-state index < -0.39 is 17.5 Å². The van der Waals surface area contributed by atoms with Gasteiger partial charge in [-0.1, -0.05) is 0 Å². The molecule has 1 aliphatic rings. The van der Waals surface area contributed by atoms with Crippen molar-refractivity contribution in [3.63, 3.8) is 0 Å². The van der Waals surface area contributed by atoms with Gasteiger partial charge in [-0.05, 0) is 44.7 Å². The summed E-state index contributed by atoms with van der Waals surface area (Å²) in [6, 6.07) is 0. The normalized spacial score (nSPS) is 23.8. The predicted molar refractivity (Wildman–Crippen MR) is 59.4 cm³/mol. The number of aliphatic carboxylic acids is 1. The molecule has 0 saturated carbocycles. The average molecular weight is 245 g/mol. The van der Waals surface area contributed by atoms with E-state index in [1.54, 1.807) is 0 Å². The molecular weight excluding hydrogens is 226 g/mol. The topological polar surface area (TPSA) is 95.9 Å². The highest BCUT2D eigenvalue weighted by Crippen LogP contribution is 2.23. The second kappa shape index (κ2) is 5.97. The third-order valence-electron chi connectivity index (χ3n) is 3.19. The van der Waals surface area contributed by atoms with Crippen molar-refractivity contribution in [3.05, 3.63) is 0 Å². The summed E-state index contributed by atoms with van der Waals surface area (Å²) in [6.07, 6.45) is 2.41. The van der Waals surface area contributed by atoms with E-state index in [4.69, 9.17) is 5.11 Å². The number of carbonyl (C=O) groups is 2. The van der Waals surface area contributed by atoms with E-state index in [0.717, 1.165) is 33.0 Å². The standard InChI is InChI=1S/C11H19NO5/c1-17-10(15)11(16,9(13)14)5-4-8-3-2-6-12-7-8/h8,12,16H,2-7H2,1H3,(H,13,14). The molecule has 0 aromatic carbocycles. The summed E-state index contributed by atoms with van der Waals surface area (Å²) in [7, 11) is 1.07. The SMILES string of the molecule is COC(=O)C(O)(CCC1CCCNC1)C(=O)O. The number of esters is 1. The average Bonchev–Trinajstić information content (AvgIpc) is 2.35. The zero-order valence-electron chi connectivity index (χ0n) is 9.94. The number of carbonyl (C=O) groups excluding carboxylic acids is 1. The number of hydrogen-bond donors (Lipinski definition) is 3. The van der Waals surface area contributed by atoms with Crippen LogP contribution in [-0.2, 0) is 14.3 Å². The van der Waals surface area contributed by atoms with Gasteiger partial charge in [0.25, 0.3) is 5.60 Å².